The number of ether oxygens (including phenoxy) is 2. The topological polar surface area (TPSA) is 62.6 Å². The fourth-order valence-electron chi connectivity index (χ4n) is 2.01. The second-order valence-electron chi connectivity index (χ2n) is 5.98. The highest BCUT2D eigenvalue weighted by atomic mass is 16.6. The van der Waals surface area contributed by atoms with E-state index in [9.17, 15) is 4.79 Å². The monoisotopic (exact) mass is 268 g/mol. The molecule has 5 heteroatoms. The molecule has 1 fully saturated rings. The van der Waals surface area contributed by atoms with Crippen molar-refractivity contribution >= 4 is 6.09 Å². The van der Waals surface area contributed by atoms with Crippen molar-refractivity contribution in [1.29, 1.82) is 5.26 Å². The van der Waals surface area contributed by atoms with E-state index in [1.807, 2.05) is 27.7 Å². The number of rotatable bonds is 3. The predicted octanol–water partition coefficient (Wildman–Crippen LogP) is 2.70. The lowest BCUT2D eigenvalue weighted by atomic mass is 10.1. The number of hydrogen-bond donors (Lipinski definition) is 0. The summed E-state index contributed by atoms with van der Waals surface area (Å²) >= 11 is 0. The van der Waals surface area contributed by atoms with Crippen LogP contribution in [-0.2, 0) is 9.47 Å². The molecule has 1 saturated heterocycles. The minimum Gasteiger partial charge on any atom is -0.444 e. The number of nitrogens with zero attached hydrogens (tertiary/aromatic N) is 2. The molecule has 1 heterocycles. The highest BCUT2D eigenvalue weighted by Gasteiger charge is 2.27. The Labute approximate surface area is 115 Å². The van der Waals surface area contributed by atoms with Crippen LogP contribution in [0.5, 0.6) is 0 Å². The molecule has 0 aliphatic carbocycles. The second-order valence-corrected chi connectivity index (χ2v) is 5.98. The molecule has 1 aliphatic heterocycles. The predicted molar refractivity (Wildman–Crippen MR) is 71.6 cm³/mol. The van der Waals surface area contributed by atoms with Crippen molar-refractivity contribution < 1.29 is 14.3 Å². The first kappa shape index (κ1) is 15.8. The van der Waals surface area contributed by atoms with Gasteiger partial charge in [-0.15, -0.1) is 0 Å². The maximum atomic E-state index is 11.9. The maximum absolute atomic E-state index is 11.9. The Morgan fingerprint density at radius 2 is 2.00 bits per heavy atom. The maximum Gasteiger partial charge on any atom is 0.410 e. The number of nitriles is 1. The van der Waals surface area contributed by atoms with Gasteiger partial charge in [-0.3, -0.25) is 0 Å². The van der Waals surface area contributed by atoms with Gasteiger partial charge in [-0.05, 0) is 40.5 Å². The van der Waals surface area contributed by atoms with Gasteiger partial charge in [0.25, 0.3) is 0 Å². The molecule has 1 atom stereocenters. The van der Waals surface area contributed by atoms with E-state index in [1.54, 1.807) is 4.90 Å². The molecule has 0 radical (unpaired) electrons. The van der Waals surface area contributed by atoms with Crippen molar-refractivity contribution in [3.8, 4) is 6.07 Å². The molecule has 0 aromatic carbocycles. The Kier molecular flexibility index (Phi) is 5.61. The SMILES string of the molecule is C[C@H](CC#N)OC1CCN(C(=O)OC(C)(C)C)CC1. The molecule has 1 amide bonds. The van der Waals surface area contributed by atoms with E-state index in [-0.39, 0.29) is 18.3 Å². The molecule has 5 nitrogen and oxygen atoms in total. The Hall–Kier alpha value is -1.28. The molecule has 108 valence electrons. The van der Waals surface area contributed by atoms with Crippen molar-refractivity contribution in [3.05, 3.63) is 0 Å². The van der Waals surface area contributed by atoms with Crippen LogP contribution in [0.15, 0.2) is 0 Å². The van der Waals surface area contributed by atoms with Gasteiger partial charge in [-0.25, -0.2) is 4.79 Å². The number of hydrogen-bond acceptors (Lipinski definition) is 4. The normalized spacial score (nSPS) is 18.8. The zero-order chi connectivity index (χ0) is 14.5. The summed E-state index contributed by atoms with van der Waals surface area (Å²) in [7, 11) is 0. The van der Waals surface area contributed by atoms with Gasteiger partial charge in [0.1, 0.15) is 5.60 Å². The summed E-state index contributed by atoms with van der Waals surface area (Å²) in [6.07, 6.45) is 1.86. The summed E-state index contributed by atoms with van der Waals surface area (Å²) in [5.74, 6) is 0. The summed E-state index contributed by atoms with van der Waals surface area (Å²) in [6.45, 7) is 8.81. The first-order chi connectivity index (χ1) is 8.81. The third-order valence-corrected chi connectivity index (χ3v) is 2.90. The lowest BCUT2D eigenvalue weighted by Gasteiger charge is -2.34. The molecule has 0 aromatic rings. The van der Waals surface area contributed by atoms with Gasteiger partial charge < -0.3 is 14.4 Å². The molecule has 0 bridgehead atoms. The largest absolute Gasteiger partial charge is 0.444 e. The van der Waals surface area contributed by atoms with Crippen LogP contribution in [0.1, 0.15) is 47.0 Å². The first-order valence-corrected chi connectivity index (χ1v) is 6.82. The zero-order valence-electron chi connectivity index (χ0n) is 12.3. The molecule has 19 heavy (non-hydrogen) atoms. The van der Waals surface area contributed by atoms with Gasteiger partial charge in [0.2, 0.25) is 0 Å². The summed E-state index contributed by atoms with van der Waals surface area (Å²) in [4.78, 5) is 13.6. The third-order valence-electron chi connectivity index (χ3n) is 2.90. The van der Waals surface area contributed by atoms with Crippen molar-refractivity contribution in [1.82, 2.24) is 4.90 Å². The summed E-state index contributed by atoms with van der Waals surface area (Å²) in [5.41, 5.74) is -0.453. The molecule has 0 aromatic heterocycles. The van der Waals surface area contributed by atoms with Crippen LogP contribution < -0.4 is 0 Å². The van der Waals surface area contributed by atoms with E-state index in [4.69, 9.17) is 14.7 Å². The smallest absolute Gasteiger partial charge is 0.410 e. The van der Waals surface area contributed by atoms with Gasteiger partial charge in [-0.1, -0.05) is 0 Å². The van der Waals surface area contributed by atoms with Crippen molar-refractivity contribution in [2.45, 2.75) is 64.8 Å². The van der Waals surface area contributed by atoms with Crippen molar-refractivity contribution in [2.75, 3.05) is 13.1 Å². The van der Waals surface area contributed by atoms with E-state index in [1.165, 1.54) is 0 Å². The minimum absolute atomic E-state index is 0.0388. The number of likely N-dealkylation sites (tertiary alicyclic amines) is 1. The quantitative estimate of drug-likeness (QED) is 0.789. The summed E-state index contributed by atoms with van der Waals surface area (Å²) < 4.78 is 11.1. The Morgan fingerprint density at radius 3 is 2.47 bits per heavy atom. The third kappa shape index (κ3) is 5.93. The average Bonchev–Trinajstić information content (AvgIpc) is 2.27. The number of amides is 1. The van der Waals surface area contributed by atoms with Gasteiger partial charge in [0.15, 0.2) is 0 Å². The highest BCUT2D eigenvalue weighted by molar-refractivity contribution is 5.68. The van der Waals surface area contributed by atoms with Gasteiger partial charge >= 0.3 is 6.09 Å². The van der Waals surface area contributed by atoms with Crippen molar-refractivity contribution in [3.63, 3.8) is 0 Å². The Balaban J connectivity index is 2.33. The minimum atomic E-state index is -0.453. The molecule has 0 unspecified atom stereocenters. The summed E-state index contributed by atoms with van der Waals surface area (Å²) in [6, 6.07) is 2.10. The van der Waals surface area contributed by atoms with Crippen LogP contribution in [-0.4, -0.2) is 41.9 Å². The molecular formula is C14H24N2O3. The van der Waals surface area contributed by atoms with Crippen LogP contribution in [0.2, 0.25) is 0 Å². The van der Waals surface area contributed by atoms with E-state index in [0.29, 0.717) is 19.5 Å². The van der Waals surface area contributed by atoms with Gasteiger partial charge in [0.05, 0.1) is 24.7 Å². The average molecular weight is 268 g/mol. The van der Waals surface area contributed by atoms with Crippen LogP contribution in [0, 0.1) is 11.3 Å². The Bertz CT molecular complexity index is 336. The van der Waals surface area contributed by atoms with E-state index in [0.717, 1.165) is 12.8 Å². The molecule has 1 aliphatic rings. The second kappa shape index (κ2) is 6.76. The zero-order valence-corrected chi connectivity index (χ0v) is 12.3. The van der Waals surface area contributed by atoms with E-state index >= 15 is 0 Å². The van der Waals surface area contributed by atoms with Crippen LogP contribution in [0.25, 0.3) is 0 Å². The number of carbonyl (C=O) groups excluding carboxylic acids is 1. The lowest BCUT2D eigenvalue weighted by Crippen LogP contribution is -2.44. The first-order valence-electron chi connectivity index (χ1n) is 6.82. The van der Waals surface area contributed by atoms with E-state index in [2.05, 4.69) is 6.07 Å². The fourth-order valence-corrected chi connectivity index (χ4v) is 2.01. The standard InChI is InChI=1S/C14H24N2O3/c1-11(5-8-15)18-12-6-9-16(10-7-12)13(17)19-14(2,3)4/h11-12H,5-7,9-10H2,1-4H3/t11-/m1/s1. The van der Waals surface area contributed by atoms with Crippen LogP contribution in [0.4, 0.5) is 4.79 Å². The molecule has 0 N–H and O–H groups in total. The molecule has 0 spiro atoms. The highest BCUT2D eigenvalue weighted by Crippen LogP contribution is 2.18. The van der Waals surface area contributed by atoms with Crippen LogP contribution in [0.3, 0.4) is 0 Å². The van der Waals surface area contributed by atoms with E-state index < -0.39 is 5.60 Å². The van der Waals surface area contributed by atoms with Crippen LogP contribution >= 0.6 is 0 Å². The molecule has 0 saturated carbocycles. The van der Waals surface area contributed by atoms with Gasteiger partial charge in [-0.2, -0.15) is 5.26 Å². The van der Waals surface area contributed by atoms with Gasteiger partial charge in [0, 0.05) is 13.1 Å². The number of carbonyl (C=O) groups is 1. The molecule has 1 rings (SSSR count). The summed E-state index contributed by atoms with van der Waals surface area (Å²) in [5, 5.41) is 8.59. The fraction of sp³-hybridized carbons (Fsp3) is 0.857. The molecular weight excluding hydrogens is 244 g/mol. The van der Waals surface area contributed by atoms with Crippen molar-refractivity contribution in [2.24, 2.45) is 0 Å². The Morgan fingerprint density at radius 1 is 1.42 bits per heavy atom. The lowest BCUT2D eigenvalue weighted by molar-refractivity contribution is -0.0379. The number of piperidine rings is 1.